The number of nitrogens with two attached hydrogens (primary N) is 1. The average molecular weight is 463 g/mol. The van der Waals surface area contributed by atoms with Crippen molar-refractivity contribution in [1.29, 1.82) is 0 Å². The highest BCUT2D eigenvalue weighted by molar-refractivity contribution is 7.88. The van der Waals surface area contributed by atoms with Crippen molar-refractivity contribution >= 4 is 32.9 Å². The van der Waals surface area contributed by atoms with Gasteiger partial charge in [0.2, 0.25) is 21.9 Å². The fourth-order valence-corrected chi connectivity index (χ4v) is 5.77. The molecule has 1 saturated carbocycles. The van der Waals surface area contributed by atoms with Gasteiger partial charge in [-0.1, -0.05) is 13.3 Å². The van der Waals surface area contributed by atoms with Gasteiger partial charge in [-0.3, -0.25) is 14.2 Å². The van der Waals surface area contributed by atoms with Crippen LogP contribution in [0.3, 0.4) is 0 Å². The van der Waals surface area contributed by atoms with Crippen LogP contribution in [0.5, 0.6) is 0 Å². The van der Waals surface area contributed by atoms with Gasteiger partial charge in [0.1, 0.15) is 5.65 Å². The molecule has 4 rings (SSSR count). The maximum atomic E-state index is 13.3. The van der Waals surface area contributed by atoms with Crippen LogP contribution in [0.15, 0.2) is 17.1 Å². The number of carbonyl (C=O) groups excluding carboxylic acids is 1. The summed E-state index contributed by atoms with van der Waals surface area (Å²) in [5.74, 6) is 0.190. The van der Waals surface area contributed by atoms with Gasteiger partial charge in [-0.2, -0.15) is 4.98 Å². The highest BCUT2D eigenvalue weighted by Crippen LogP contribution is 2.36. The number of hydrogen-bond donors (Lipinski definition) is 2. The summed E-state index contributed by atoms with van der Waals surface area (Å²) in [5, 5.41) is 4.00. The molecule has 174 valence electrons. The van der Waals surface area contributed by atoms with Crippen LogP contribution in [0.25, 0.3) is 11.0 Å². The molecule has 2 fully saturated rings. The highest BCUT2D eigenvalue weighted by Gasteiger charge is 2.29. The Morgan fingerprint density at radius 2 is 1.97 bits per heavy atom. The monoisotopic (exact) mass is 462 g/mol. The van der Waals surface area contributed by atoms with Gasteiger partial charge >= 0.3 is 0 Å². The van der Waals surface area contributed by atoms with Crippen LogP contribution in [-0.2, 0) is 21.2 Å². The predicted molar refractivity (Wildman–Crippen MR) is 122 cm³/mol. The van der Waals surface area contributed by atoms with E-state index in [9.17, 15) is 18.0 Å². The largest absolute Gasteiger partial charge is 0.369 e. The summed E-state index contributed by atoms with van der Waals surface area (Å²) in [5.41, 5.74) is 6.05. The topological polar surface area (TPSA) is 140 Å². The Kier molecular flexibility index (Phi) is 6.22. The van der Waals surface area contributed by atoms with E-state index in [-0.39, 0.29) is 24.1 Å². The van der Waals surface area contributed by atoms with Gasteiger partial charge in [0.05, 0.1) is 12.7 Å². The maximum Gasteiger partial charge on any atom is 0.256 e. The third-order valence-corrected chi connectivity index (χ3v) is 7.92. The summed E-state index contributed by atoms with van der Waals surface area (Å²) >= 11 is 0. The molecular weight excluding hydrogens is 432 g/mol. The number of nitrogens with zero attached hydrogens (tertiary/aromatic N) is 4. The molecule has 3 N–H and O–H groups in total. The summed E-state index contributed by atoms with van der Waals surface area (Å²) in [6.07, 6.45) is 7.03. The normalized spacial score (nSPS) is 22.9. The summed E-state index contributed by atoms with van der Waals surface area (Å²) in [7, 11) is -3.19. The van der Waals surface area contributed by atoms with Gasteiger partial charge in [0, 0.05) is 42.3 Å². The van der Waals surface area contributed by atoms with E-state index < -0.39 is 15.9 Å². The molecule has 1 amide bonds. The van der Waals surface area contributed by atoms with E-state index in [4.69, 9.17) is 5.73 Å². The van der Waals surface area contributed by atoms with E-state index >= 15 is 0 Å². The van der Waals surface area contributed by atoms with Gasteiger partial charge in [-0.25, -0.2) is 17.7 Å². The smallest absolute Gasteiger partial charge is 0.256 e. The summed E-state index contributed by atoms with van der Waals surface area (Å²) in [6.45, 7) is 3.03. The van der Waals surface area contributed by atoms with Crippen molar-refractivity contribution in [2.75, 3.05) is 24.7 Å². The molecule has 0 bridgehead atoms. The summed E-state index contributed by atoms with van der Waals surface area (Å²) in [6, 6.07) is 1.72. The molecular formula is C21H30N6O4S. The Morgan fingerprint density at radius 1 is 1.25 bits per heavy atom. The molecule has 10 nitrogen and oxygen atoms in total. The minimum Gasteiger partial charge on any atom is -0.369 e. The number of rotatable bonds is 6. The average Bonchev–Trinajstić information content (AvgIpc) is 3.14. The lowest BCUT2D eigenvalue weighted by Gasteiger charge is -2.30. The number of hydrogen-bond acceptors (Lipinski definition) is 7. The fourth-order valence-electron chi connectivity index (χ4n) is 4.89. The van der Waals surface area contributed by atoms with Crippen molar-refractivity contribution in [2.24, 2.45) is 11.7 Å². The fraction of sp³-hybridized carbons (Fsp3) is 0.619. The van der Waals surface area contributed by atoms with E-state index in [0.717, 1.165) is 19.3 Å². The molecule has 2 aromatic rings. The van der Waals surface area contributed by atoms with Crippen LogP contribution >= 0.6 is 0 Å². The molecule has 1 aliphatic carbocycles. The van der Waals surface area contributed by atoms with Gasteiger partial charge in [-0.15, -0.1) is 0 Å². The Bertz CT molecular complexity index is 1190. The second-order valence-electron chi connectivity index (χ2n) is 9.02. The van der Waals surface area contributed by atoms with Crippen molar-refractivity contribution in [3.8, 4) is 0 Å². The van der Waals surface area contributed by atoms with Gasteiger partial charge < -0.3 is 11.1 Å². The maximum absolute atomic E-state index is 13.3. The Morgan fingerprint density at radius 3 is 2.56 bits per heavy atom. The molecule has 32 heavy (non-hydrogen) atoms. The van der Waals surface area contributed by atoms with Crippen molar-refractivity contribution in [2.45, 2.75) is 57.5 Å². The SMILES string of the molecule is C[C@H]1CCC[C@H]1n1c(=O)c(CC(N)=O)cc2cnc(NC3CCN(S(C)(=O)=O)CC3)nc21. The van der Waals surface area contributed by atoms with Crippen molar-refractivity contribution in [1.82, 2.24) is 18.8 Å². The first kappa shape index (κ1) is 22.7. The van der Waals surface area contributed by atoms with Crippen molar-refractivity contribution in [3.63, 3.8) is 0 Å². The van der Waals surface area contributed by atoms with Crippen LogP contribution in [-0.4, -0.2) is 58.6 Å². The third-order valence-electron chi connectivity index (χ3n) is 6.62. The van der Waals surface area contributed by atoms with Gasteiger partial charge in [0.15, 0.2) is 0 Å². The number of fused-ring (bicyclic) bond motifs is 1. The molecule has 0 spiro atoms. The number of nitrogens with one attached hydrogen (secondary N) is 1. The van der Waals surface area contributed by atoms with E-state index in [2.05, 4.69) is 22.2 Å². The molecule has 3 heterocycles. The minimum absolute atomic E-state index is 0.0126. The number of primary amides is 1. The lowest BCUT2D eigenvalue weighted by molar-refractivity contribution is -0.117. The van der Waals surface area contributed by atoms with Gasteiger partial charge in [-0.05, 0) is 37.7 Å². The number of pyridine rings is 1. The molecule has 0 aromatic carbocycles. The van der Waals surface area contributed by atoms with Crippen LogP contribution in [0.2, 0.25) is 0 Å². The molecule has 11 heteroatoms. The van der Waals surface area contributed by atoms with E-state index in [1.807, 2.05) is 0 Å². The highest BCUT2D eigenvalue weighted by atomic mass is 32.2. The molecule has 2 aromatic heterocycles. The number of sulfonamides is 1. The number of piperidine rings is 1. The zero-order chi connectivity index (χ0) is 23.0. The molecule has 2 atom stereocenters. The van der Waals surface area contributed by atoms with Crippen LogP contribution in [0, 0.1) is 5.92 Å². The molecule has 1 saturated heterocycles. The predicted octanol–water partition coefficient (Wildman–Crippen LogP) is 1.02. The number of carbonyl (C=O) groups is 1. The van der Waals surface area contributed by atoms with E-state index in [1.54, 1.807) is 16.8 Å². The van der Waals surface area contributed by atoms with E-state index in [0.29, 0.717) is 54.4 Å². The van der Waals surface area contributed by atoms with Gasteiger partial charge in [0.25, 0.3) is 5.56 Å². The third kappa shape index (κ3) is 4.63. The molecule has 1 aliphatic heterocycles. The first-order chi connectivity index (χ1) is 15.1. The van der Waals surface area contributed by atoms with E-state index in [1.165, 1.54) is 10.6 Å². The van der Waals surface area contributed by atoms with Crippen LogP contribution in [0.4, 0.5) is 5.95 Å². The Balaban J connectivity index is 1.67. The number of anilines is 1. The lowest BCUT2D eigenvalue weighted by Crippen LogP contribution is -2.42. The van der Waals surface area contributed by atoms with Crippen LogP contribution < -0.4 is 16.6 Å². The number of aromatic nitrogens is 3. The first-order valence-electron chi connectivity index (χ1n) is 11.0. The standard InChI is InChI=1S/C21H30N6O4S/c1-13-4-3-5-17(13)27-19-15(10-14(20(27)29)11-18(22)28)12-23-21(25-19)24-16-6-8-26(9-7-16)32(2,30)31/h10,12-13,16-17H,3-9,11H2,1-2H3,(H2,22,28)(H,23,24,25)/t13-,17+/m0/s1. The first-order valence-corrected chi connectivity index (χ1v) is 12.9. The number of amides is 1. The molecule has 0 unspecified atom stereocenters. The Hall–Kier alpha value is -2.53. The molecule has 2 aliphatic rings. The summed E-state index contributed by atoms with van der Waals surface area (Å²) < 4.78 is 26.7. The zero-order valence-corrected chi connectivity index (χ0v) is 19.3. The Labute approximate surface area is 187 Å². The van der Waals surface area contributed by atoms with Crippen LogP contribution in [0.1, 0.15) is 50.6 Å². The quantitative estimate of drug-likeness (QED) is 0.653. The second kappa shape index (κ2) is 8.78. The lowest BCUT2D eigenvalue weighted by atomic mass is 10.0. The van der Waals surface area contributed by atoms with Crippen molar-refractivity contribution < 1.29 is 13.2 Å². The molecule has 0 radical (unpaired) electrons. The summed E-state index contributed by atoms with van der Waals surface area (Å²) in [4.78, 5) is 33.9. The minimum atomic E-state index is -3.19. The zero-order valence-electron chi connectivity index (χ0n) is 18.5. The van der Waals surface area contributed by atoms with Crippen molar-refractivity contribution in [3.05, 3.63) is 28.2 Å². The second-order valence-corrected chi connectivity index (χ2v) is 11.0.